The number of carbonyl (C=O) groups is 4. The van der Waals surface area contributed by atoms with Crippen molar-refractivity contribution in [3.63, 3.8) is 0 Å². The van der Waals surface area contributed by atoms with Crippen molar-refractivity contribution in [2.24, 2.45) is 0 Å². The van der Waals surface area contributed by atoms with Gasteiger partial charge in [0.2, 0.25) is 23.6 Å². The van der Waals surface area contributed by atoms with Crippen LogP contribution in [0.5, 0.6) is 0 Å². The second kappa shape index (κ2) is 12.1. The van der Waals surface area contributed by atoms with E-state index in [2.05, 4.69) is 16.0 Å². The molecule has 4 amide bonds. The lowest BCUT2D eigenvalue weighted by Gasteiger charge is -2.20. The molecular weight excluding hydrogens is 396 g/mol. The smallest absolute Gasteiger partial charge is 0.243 e. The first-order valence-corrected chi connectivity index (χ1v) is 10.6. The molecule has 29 heavy (non-hydrogen) atoms. The fourth-order valence-electron chi connectivity index (χ4n) is 2.77. The highest BCUT2D eigenvalue weighted by molar-refractivity contribution is 7.99. The van der Waals surface area contributed by atoms with Crippen LogP contribution in [0, 0.1) is 0 Å². The van der Waals surface area contributed by atoms with Gasteiger partial charge in [-0.3, -0.25) is 24.4 Å². The average molecular weight is 423 g/mol. The molecule has 0 radical (unpaired) electrons. The Balaban J connectivity index is 1.86. The molecule has 10 heteroatoms. The minimum absolute atomic E-state index is 0.174. The van der Waals surface area contributed by atoms with E-state index in [1.807, 2.05) is 30.3 Å². The van der Waals surface area contributed by atoms with Gasteiger partial charge in [-0.05, 0) is 24.2 Å². The maximum absolute atomic E-state index is 12.6. The normalized spacial score (nSPS) is 16.6. The summed E-state index contributed by atoms with van der Waals surface area (Å²) in [6, 6.07) is 8.04. The third-order valence-electron chi connectivity index (χ3n) is 4.36. The van der Waals surface area contributed by atoms with Gasteiger partial charge in [0.15, 0.2) is 0 Å². The molecule has 0 spiro atoms. The number of thioether (sulfide) groups is 1. The van der Waals surface area contributed by atoms with Gasteiger partial charge in [-0.25, -0.2) is 5.48 Å². The van der Waals surface area contributed by atoms with Gasteiger partial charge in [-0.1, -0.05) is 30.3 Å². The Morgan fingerprint density at radius 1 is 1.24 bits per heavy atom. The maximum atomic E-state index is 12.6. The van der Waals surface area contributed by atoms with E-state index < -0.39 is 18.0 Å². The maximum Gasteiger partial charge on any atom is 0.243 e. The number of nitrogens with one attached hydrogen (secondary N) is 4. The standard InChI is InChI=1S/C19H26N4O5S/c24-16-9-8-14(21-16)19(27)22-15(12-29-10-4-7-17(25)23-28)18(26)20-11-13-5-2-1-3-6-13/h1-3,5-6,14-15,28H,4,7-12H2,(H,20,26)(H,21,24)(H,22,27)(H,23,25)/t14?,15-/m0/s1. The predicted molar refractivity (Wildman–Crippen MR) is 108 cm³/mol. The van der Waals surface area contributed by atoms with Gasteiger partial charge in [0.1, 0.15) is 12.1 Å². The molecule has 2 rings (SSSR count). The summed E-state index contributed by atoms with van der Waals surface area (Å²) in [6.45, 7) is 0.341. The molecule has 0 bridgehead atoms. The molecule has 1 aromatic carbocycles. The third-order valence-corrected chi connectivity index (χ3v) is 5.50. The summed E-state index contributed by atoms with van der Waals surface area (Å²) in [4.78, 5) is 47.4. The van der Waals surface area contributed by atoms with Crippen LogP contribution in [0.2, 0.25) is 0 Å². The molecule has 2 atom stereocenters. The van der Waals surface area contributed by atoms with E-state index in [1.54, 1.807) is 5.48 Å². The van der Waals surface area contributed by atoms with E-state index in [1.165, 1.54) is 11.8 Å². The topological polar surface area (TPSA) is 137 Å². The monoisotopic (exact) mass is 422 g/mol. The molecule has 0 aliphatic carbocycles. The highest BCUT2D eigenvalue weighted by atomic mass is 32.2. The molecule has 1 aromatic rings. The van der Waals surface area contributed by atoms with Crippen molar-refractivity contribution in [1.82, 2.24) is 21.4 Å². The first kappa shape index (κ1) is 22.7. The summed E-state index contributed by atoms with van der Waals surface area (Å²) >= 11 is 1.42. The van der Waals surface area contributed by atoms with Crippen molar-refractivity contribution in [2.75, 3.05) is 11.5 Å². The van der Waals surface area contributed by atoms with Crippen molar-refractivity contribution >= 4 is 35.4 Å². The van der Waals surface area contributed by atoms with Gasteiger partial charge in [0, 0.05) is 25.1 Å². The molecule has 1 aliphatic heterocycles. The van der Waals surface area contributed by atoms with Crippen LogP contribution in [0.3, 0.4) is 0 Å². The molecule has 158 valence electrons. The highest BCUT2D eigenvalue weighted by Crippen LogP contribution is 2.10. The number of hydroxylamine groups is 1. The molecule has 1 fully saturated rings. The number of rotatable bonds is 11. The summed E-state index contributed by atoms with van der Waals surface area (Å²) in [7, 11) is 0. The van der Waals surface area contributed by atoms with Crippen LogP contribution < -0.4 is 21.4 Å². The van der Waals surface area contributed by atoms with E-state index in [9.17, 15) is 19.2 Å². The predicted octanol–water partition coefficient (Wildman–Crippen LogP) is 0.0850. The van der Waals surface area contributed by atoms with Crippen molar-refractivity contribution in [1.29, 1.82) is 0 Å². The molecular formula is C19H26N4O5S. The lowest BCUT2D eigenvalue weighted by molar-refractivity contribution is -0.130. The number of hydrogen-bond acceptors (Lipinski definition) is 6. The Bertz CT molecular complexity index is 716. The van der Waals surface area contributed by atoms with Crippen molar-refractivity contribution in [2.45, 2.75) is 44.3 Å². The van der Waals surface area contributed by atoms with Gasteiger partial charge in [-0.2, -0.15) is 11.8 Å². The summed E-state index contributed by atoms with van der Waals surface area (Å²) in [5.74, 6) is -0.414. The summed E-state index contributed by atoms with van der Waals surface area (Å²) < 4.78 is 0. The van der Waals surface area contributed by atoms with Crippen molar-refractivity contribution < 1.29 is 24.4 Å². The van der Waals surface area contributed by atoms with E-state index in [4.69, 9.17) is 5.21 Å². The van der Waals surface area contributed by atoms with Gasteiger partial charge in [-0.15, -0.1) is 0 Å². The Labute approximate surface area is 173 Å². The van der Waals surface area contributed by atoms with Crippen molar-refractivity contribution in [3.05, 3.63) is 35.9 Å². The zero-order chi connectivity index (χ0) is 21.1. The molecule has 1 aliphatic rings. The van der Waals surface area contributed by atoms with E-state index in [0.29, 0.717) is 37.3 Å². The highest BCUT2D eigenvalue weighted by Gasteiger charge is 2.30. The minimum atomic E-state index is -0.764. The molecule has 0 saturated carbocycles. The zero-order valence-electron chi connectivity index (χ0n) is 16.0. The Morgan fingerprint density at radius 3 is 2.66 bits per heavy atom. The van der Waals surface area contributed by atoms with E-state index in [-0.39, 0.29) is 24.1 Å². The third kappa shape index (κ3) is 8.12. The van der Waals surface area contributed by atoms with Crippen LogP contribution in [0.15, 0.2) is 30.3 Å². The Morgan fingerprint density at radius 2 is 2.00 bits per heavy atom. The van der Waals surface area contributed by atoms with Gasteiger partial charge < -0.3 is 16.0 Å². The lowest BCUT2D eigenvalue weighted by Crippen LogP contribution is -2.52. The van der Waals surface area contributed by atoms with E-state index in [0.717, 1.165) is 5.56 Å². The molecule has 1 saturated heterocycles. The van der Waals surface area contributed by atoms with Gasteiger partial charge in [0.05, 0.1) is 0 Å². The fraction of sp³-hybridized carbons (Fsp3) is 0.474. The zero-order valence-corrected chi connectivity index (χ0v) is 16.8. The summed E-state index contributed by atoms with van der Waals surface area (Å²) in [5.41, 5.74) is 2.51. The largest absolute Gasteiger partial charge is 0.350 e. The number of hydrogen-bond donors (Lipinski definition) is 5. The molecule has 0 aromatic heterocycles. The van der Waals surface area contributed by atoms with Crippen LogP contribution in [0.4, 0.5) is 0 Å². The molecule has 5 N–H and O–H groups in total. The Hall–Kier alpha value is -2.59. The van der Waals surface area contributed by atoms with Gasteiger partial charge in [0.25, 0.3) is 0 Å². The van der Waals surface area contributed by atoms with Crippen LogP contribution in [0.25, 0.3) is 0 Å². The molecule has 1 heterocycles. The lowest BCUT2D eigenvalue weighted by atomic mass is 10.2. The SMILES string of the molecule is O=C(CCCSC[C@H](NC(=O)C1CCC(=O)N1)C(=O)NCc1ccccc1)NO. The molecule has 9 nitrogen and oxygen atoms in total. The fourth-order valence-corrected chi connectivity index (χ4v) is 3.75. The number of carbonyl (C=O) groups excluding carboxylic acids is 4. The van der Waals surface area contributed by atoms with Crippen molar-refractivity contribution in [3.8, 4) is 0 Å². The second-order valence-electron chi connectivity index (χ2n) is 6.64. The van der Waals surface area contributed by atoms with E-state index >= 15 is 0 Å². The second-order valence-corrected chi connectivity index (χ2v) is 7.79. The number of benzene rings is 1. The Kier molecular flexibility index (Phi) is 9.45. The molecule has 1 unspecified atom stereocenters. The van der Waals surface area contributed by atoms with Gasteiger partial charge >= 0.3 is 0 Å². The average Bonchev–Trinajstić information content (AvgIpc) is 3.17. The number of amides is 4. The first-order valence-electron chi connectivity index (χ1n) is 9.41. The van der Waals surface area contributed by atoms with Crippen LogP contribution >= 0.6 is 11.8 Å². The van der Waals surface area contributed by atoms with Crippen LogP contribution in [-0.2, 0) is 25.7 Å². The summed E-state index contributed by atoms with van der Waals surface area (Å²) in [6.07, 6.45) is 1.41. The minimum Gasteiger partial charge on any atom is -0.350 e. The summed E-state index contributed by atoms with van der Waals surface area (Å²) in [5, 5.41) is 16.6. The van der Waals surface area contributed by atoms with Crippen LogP contribution in [0.1, 0.15) is 31.2 Å². The first-order chi connectivity index (χ1) is 14.0. The van der Waals surface area contributed by atoms with Crippen LogP contribution in [-0.4, -0.2) is 52.4 Å². The quantitative estimate of drug-likeness (QED) is 0.195.